The summed E-state index contributed by atoms with van der Waals surface area (Å²) in [6, 6.07) is 3.52. The van der Waals surface area contributed by atoms with Gasteiger partial charge in [-0.25, -0.2) is 0 Å². The van der Waals surface area contributed by atoms with Crippen molar-refractivity contribution in [1.29, 1.82) is 0 Å². The highest BCUT2D eigenvalue weighted by atomic mass is 32.2. The molecule has 0 aliphatic carbocycles. The van der Waals surface area contributed by atoms with Gasteiger partial charge in [-0.15, -0.1) is 0 Å². The fourth-order valence-electron chi connectivity index (χ4n) is 1.36. The molecule has 0 aromatic heterocycles. The second-order valence-corrected chi connectivity index (χ2v) is 6.13. The molecule has 98 valence electrons. The molecule has 8 heteroatoms. The lowest BCUT2D eigenvalue weighted by atomic mass is 10.1. The van der Waals surface area contributed by atoms with Crippen LogP contribution in [0.3, 0.4) is 0 Å². The Labute approximate surface area is 105 Å². The van der Waals surface area contributed by atoms with Crippen LogP contribution in [0.5, 0.6) is 0 Å². The fraction of sp³-hybridized carbons (Fsp3) is 0. The molecule has 0 aliphatic rings. The van der Waals surface area contributed by atoms with Gasteiger partial charge in [0.25, 0.3) is 20.2 Å². The molecule has 1 aromatic rings. The van der Waals surface area contributed by atoms with E-state index in [9.17, 15) is 16.8 Å². The van der Waals surface area contributed by atoms with Crippen LogP contribution in [-0.2, 0) is 20.2 Å². The molecular formula is C10H10O6S2. The molecule has 2 N–H and O–H groups in total. The van der Waals surface area contributed by atoms with Gasteiger partial charge in [0.05, 0.1) is 4.91 Å². The highest BCUT2D eigenvalue weighted by Crippen LogP contribution is 2.28. The maximum atomic E-state index is 11.1. The van der Waals surface area contributed by atoms with Gasteiger partial charge in [0, 0.05) is 11.1 Å². The first-order valence-corrected chi connectivity index (χ1v) is 7.36. The van der Waals surface area contributed by atoms with E-state index in [1.165, 1.54) is 12.1 Å². The third kappa shape index (κ3) is 2.85. The van der Waals surface area contributed by atoms with E-state index in [1.807, 2.05) is 0 Å². The molecule has 0 amide bonds. The first-order chi connectivity index (χ1) is 8.09. The van der Waals surface area contributed by atoms with Gasteiger partial charge in [-0.2, -0.15) is 16.8 Å². The molecule has 0 unspecified atom stereocenters. The van der Waals surface area contributed by atoms with Crippen LogP contribution in [0, 0.1) is 0 Å². The molecule has 1 rings (SSSR count). The van der Waals surface area contributed by atoms with E-state index in [0.717, 1.165) is 12.1 Å². The van der Waals surface area contributed by atoms with Crippen molar-refractivity contribution in [2.75, 3.05) is 0 Å². The van der Waals surface area contributed by atoms with Crippen LogP contribution in [0.2, 0.25) is 0 Å². The third-order valence-corrected chi connectivity index (χ3v) is 3.91. The Bertz CT molecular complexity index is 713. The second kappa shape index (κ2) is 4.65. The second-order valence-electron chi connectivity index (χ2n) is 3.29. The largest absolute Gasteiger partial charge is 0.295 e. The molecule has 0 saturated carbocycles. The monoisotopic (exact) mass is 290 g/mol. The van der Waals surface area contributed by atoms with E-state index in [1.54, 1.807) is 0 Å². The molecule has 0 heterocycles. The molecule has 0 atom stereocenters. The first kappa shape index (κ1) is 14.6. The van der Waals surface area contributed by atoms with E-state index >= 15 is 0 Å². The molecule has 0 saturated heterocycles. The Morgan fingerprint density at radius 1 is 1.17 bits per heavy atom. The van der Waals surface area contributed by atoms with Crippen LogP contribution in [0.4, 0.5) is 0 Å². The summed E-state index contributed by atoms with van der Waals surface area (Å²) >= 11 is 0. The standard InChI is InChI=1S/C10H10O6S2/c1-3-8-9(7(2)17(11,12)13)5-4-6-10(8)18(14,15)16/h3-6H,1-2H2,(H,11,12,13)(H,14,15,16). The summed E-state index contributed by atoms with van der Waals surface area (Å²) in [6.45, 7) is 6.50. The Morgan fingerprint density at radius 3 is 2.11 bits per heavy atom. The molecule has 1 aromatic carbocycles. The zero-order chi connectivity index (χ0) is 14.1. The molecule has 0 bridgehead atoms. The number of rotatable bonds is 4. The minimum absolute atomic E-state index is 0.150. The Morgan fingerprint density at radius 2 is 1.72 bits per heavy atom. The quantitative estimate of drug-likeness (QED) is 0.812. The number of hydrogen-bond donors (Lipinski definition) is 2. The molecular weight excluding hydrogens is 280 g/mol. The Kier molecular flexibility index (Phi) is 3.77. The summed E-state index contributed by atoms with van der Waals surface area (Å²) in [5.74, 6) is 0. The fourth-order valence-corrected chi connectivity index (χ4v) is 2.54. The Hall–Kier alpha value is -1.48. The van der Waals surface area contributed by atoms with E-state index in [4.69, 9.17) is 9.11 Å². The molecule has 6 nitrogen and oxygen atoms in total. The van der Waals surface area contributed by atoms with Crippen LogP contribution in [-0.4, -0.2) is 25.9 Å². The van der Waals surface area contributed by atoms with Crippen molar-refractivity contribution >= 4 is 31.2 Å². The Balaban J connectivity index is 3.70. The normalized spacial score (nSPS) is 12.1. The summed E-state index contributed by atoms with van der Waals surface area (Å²) in [7, 11) is -9.11. The van der Waals surface area contributed by atoms with Gasteiger partial charge in [-0.05, 0) is 6.07 Å². The summed E-state index contributed by atoms with van der Waals surface area (Å²) in [5.41, 5.74) is -0.301. The third-order valence-electron chi connectivity index (χ3n) is 2.16. The van der Waals surface area contributed by atoms with Crippen molar-refractivity contribution in [3.8, 4) is 0 Å². The van der Waals surface area contributed by atoms with E-state index in [2.05, 4.69) is 13.2 Å². The number of hydrogen-bond acceptors (Lipinski definition) is 4. The van der Waals surface area contributed by atoms with Gasteiger partial charge in [0.2, 0.25) is 0 Å². The van der Waals surface area contributed by atoms with Crippen molar-refractivity contribution in [3.63, 3.8) is 0 Å². The highest BCUT2D eigenvalue weighted by Gasteiger charge is 2.21. The minimum Gasteiger partial charge on any atom is -0.282 e. The summed E-state index contributed by atoms with van der Waals surface area (Å²) < 4.78 is 62.0. The lowest BCUT2D eigenvalue weighted by Crippen LogP contribution is -2.06. The SMILES string of the molecule is C=Cc1c(C(=C)S(=O)(=O)O)cccc1S(=O)(=O)O. The van der Waals surface area contributed by atoms with Gasteiger partial charge >= 0.3 is 0 Å². The molecule has 0 aliphatic heterocycles. The van der Waals surface area contributed by atoms with Gasteiger partial charge < -0.3 is 0 Å². The molecule has 18 heavy (non-hydrogen) atoms. The van der Waals surface area contributed by atoms with Crippen LogP contribution in [0.15, 0.2) is 36.3 Å². The van der Waals surface area contributed by atoms with Crippen LogP contribution < -0.4 is 0 Å². The van der Waals surface area contributed by atoms with Gasteiger partial charge in [-0.3, -0.25) is 9.11 Å². The summed E-state index contributed by atoms with van der Waals surface area (Å²) in [6.07, 6.45) is 1.05. The molecule has 0 spiro atoms. The van der Waals surface area contributed by atoms with Crippen molar-refractivity contribution < 1.29 is 25.9 Å². The van der Waals surface area contributed by atoms with Gasteiger partial charge in [0.1, 0.15) is 4.90 Å². The maximum absolute atomic E-state index is 11.1. The van der Waals surface area contributed by atoms with E-state index < -0.39 is 30.0 Å². The zero-order valence-electron chi connectivity index (χ0n) is 9.07. The predicted octanol–water partition coefficient (Wildman–Crippen LogP) is 1.43. The molecule has 0 fully saturated rings. The highest BCUT2D eigenvalue weighted by molar-refractivity contribution is 7.95. The van der Waals surface area contributed by atoms with Crippen LogP contribution in [0.25, 0.3) is 11.0 Å². The van der Waals surface area contributed by atoms with Crippen molar-refractivity contribution in [2.24, 2.45) is 0 Å². The van der Waals surface area contributed by atoms with Gasteiger partial charge in [0.15, 0.2) is 0 Å². The minimum atomic E-state index is -4.57. The average molecular weight is 290 g/mol. The topological polar surface area (TPSA) is 109 Å². The summed E-state index contributed by atoms with van der Waals surface area (Å²) in [4.78, 5) is -1.19. The van der Waals surface area contributed by atoms with Crippen molar-refractivity contribution in [3.05, 3.63) is 42.5 Å². The van der Waals surface area contributed by atoms with Crippen LogP contribution in [0.1, 0.15) is 11.1 Å². The lowest BCUT2D eigenvalue weighted by molar-refractivity contribution is 0.482. The van der Waals surface area contributed by atoms with Crippen molar-refractivity contribution in [2.45, 2.75) is 4.90 Å². The maximum Gasteiger partial charge on any atom is 0.295 e. The molecule has 0 radical (unpaired) electrons. The first-order valence-electron chi connectivity index (χ1n) is 4.48. The van der Waals surface area contributed by atoms with E-state index in [0.29, 0.717) is 0 Å². The lowest BCUT2D eigenvalue weighted by Gasteiger charge is -2.10. The van der Waals surface area contributed by atoms with E-state index in [-0.39, 0.29) is 11.1 Å². The zero-order valence-corrected chi connectivity index (χ0v) is 10.7. The smallest absolute Gasteiger partial charge is 0.282 e. The predicted molar refractivity (Wildman–Crippen MR) is 66.9 cm³/mol. The average Bonchev–Trinajstić information content (AvgIpc) is 2.24. The summed E-state index contributed by atoms with van der Waals surface area (Å²) in [5, 5.41) is 0. The van der Waals surface area contributed by atoms with Crippen LogP contribution >= 0.6 is 0 Å². The number of benzene rings is 1. The van der Waals surface area contributed by atoms with Gasteiger partial charge in [-0.1, -0.05) is 31.4 Å². The van der Waals surface area contributed by atoms with Crippen molar-refractivity contribution in [1.82, 2.24) is 0 Å².